The summed E-state index contributed by atoms with van der Waals surface area (Å²) >= 11 is 0. The fourth-order valence-corrected chi connectivity index (χ4v) is 7.27. The number of benzene rings is 4. The highest BCUT2D eigenvalue weighted by Gasteiger charge is 2.30. The van der Waals surface area contributed by atoms with E-state index in [9.17, 15) is 13.2 Å². The zero-order valence-corrected chi connectivity index (χ0v) is 24.8. The Morgan fingerprint density at radius 3 is 2.18 bits per heavy atom. The van der Waals surface area contributed by atoms with E-state index in [-0.39, 0.29) is 17.2 Å². The van der Waals surface area contributed by atoms with Gasteiger partial charge in [-0.15, -0.1) is 0 Å². The van der Waals surface area contributed by atoms with Gasteiger partial charge in [-0.2, -0.15) is 0 Å². The normalized spacial score (nSPS) is 13.2. The molecule has 1 saturated carbocycles. The highest BCUT2D eigenvalue weighted by molar-refractivity contribution is 7.90. The summed E-state index contributed by atoms with van der Waals surface area (Å²) in [7, 11) is -3.97. The number of fused-ring (bicyclic) bond motifs is 1. The first kappa shape index (κ1) is 27.8. The molecule has 6 aromatic rings. The Morgan fingerprint density at radius 1 is 0.795 bits per heavy atom. The molecule has 0 saturated heterocycles. The van der Waals surface area contributed by atoms with Crippen molar-refractivity contribution in [1.82, 2.24) is 8.96 Å². The van der Waals surface area contributed by atoms with E-state index in [1.165, 1.54) is 3.97 Å². The number of pyridine rings is 1. The van der Waals surface area contributed by atoms with Gasteiger partial charge in [0.25, 0.3) is 10.0 Å². The molecule has 2 heterocycles. The SMILES string of the molecule is O=C(OCc1ccccc1)c1cccc(Cc2c(-c3ccccc3)n(S(=O)(=O)c3ccccc3)c3cc(C4CC4)ccc23)n1. The Bertz CT molecular complexity index is 2070. The van der Waals surface area contributed by atoms with Gasteiger partial charge in [0.1, 0.15) is 12.3 Å². The van der Waals surface area contributed by atoms with Crippen molar-refractivity contribution in [2.24, 2.45) is 0 Å². The lowest BCUT2D eigenvalue weighted by molar-refractivity contribution is 0.0465. The molecular weight excluding hydrogens is 568 g/mol. The van der Waals surface area contributed by atoms with Gasteiger partial charge in [-0.05, 0) is 71.3 Å². The van der Waals surface area contributed by atoms with Crippen molar-refractivity contribution in [3.8, 4) is 11.3 Å². The highest BCUT2D eigenvalue weighted by Crippen LogP contribution is 2.44. The van der Waals surface area contributed by atoms with Crippen LogP contribution < -0.4 is 0 Å². The van der Waals surface area contributed by atoms with Crippen molar-refractivity contribution < 1.29 is 17.9 Å². The van der Waals surface area contributed by atoms with Gasteiger partial charge in [0.15, 0.2) is 0 Å². The van der Waals surface area contributed by atoms with Crippen molar-refractivity contribution >= 4 is 26.9 Å². The van der Waals surface area contributed by atoms with Crippen LogP contribution in [0.5, 0.6) is 0 Å². The zero-order chi connectivity index (χ0) is 30.1. The third-order valence-corrected chi connectivity index (χ3v) is 9.75. The van der Waals surface area contributed by atoms with E-state index in [1.54, 1.807) is 36.4 Å². The van der Waals surface area contributed by atoms with Gasteiger partial charge in [-0.3, -0.25) is 0 Å². The van der Waals surface area contributed by atoms with Gasteiger partial charge in [0, 0.05) is 17.5 Å². The van der Waals surface area contributed by atoms with Crippen molar-refractivity contribution in [2.75, 3.05) is 0 Å². The van der Waals surface area contributed by atoms with Crippen LogP contribution in [0, 0.1) is 0 Å². The molecule has 0 spiro atoms. The number of nitrogens with zero attached hydrogens (tertiary/aromatic N) is 2. The van der Waals surface area contributed by atoms with E-state index in [1.807, 2.05) is 84.9 Å². The monoisotopic (exact) mass is 598 g/mol. The molecule has 0 unspecified atom stereocenters. The summed E-state index contributed by atoms with van der Waals surface area (Å²) in [6, 6.07) is 39.1. The molecule has 7 heteroatoms. The Hall–Kier alpha value is -5.01. The summed E-state index contributed by atoms with van der Waals surface area (Å²) < 4.78 is 35.9. The molecule has 0 radical (unpaired) electrons. The number of carbonyl (C=O) groups is 1. The average Bonchev–Trinajstić information content (AvgIpc) is 3.87. The summed E-state index contributed by atoms with van der Waals surface area (Å²) in [4.78, 5) is 17.8. The fraction of sp³-hybridized carbons (Fsp3) is 0.135. The Labute approximate surface area is 256 Å². The van der Waals surface area contributed by atoms with Crippen molar-refractivity contribution in [3.63, 3.8) is 0 Å². The standard InChI is InChI=1S/C37H30N2O4S/c40-37(43-25-26-11-4-1-5-12-26)34-18-10-15-30(38-34)24-33-32-22-21-29(27-19-20-27)23-35(32)39(36(33)28-13-6-2-7-14-28)44(41,42)31-16-8-3-9-17-31/h1-18,21-23,27H,19-20,24-25H2. The van der Waals surface area contributed by atoms with Gasteiger partial charge < -0.3 is 4.74 Å². The van der Waals surface area contributed by atoms with Gasteiger partial charge in [-0.25, -0.2) is 22.2 Å². The predicted molar refractivity (Wildman–Crippen MR) is 171 cm³/mol. The molecule has 0 bridgehead atoms. The maximum atomic E-state index is 14.4. The smallest absolute Gasteiger partial charge is 0.357 e. The summed E-state index contributed by atoms with van der Waals surface area (Å²) in [6.07, 6.45) is 2.53. The zero-order valence-electron chi connectivity index (χ0n) is 24.0. The molecule has 0 atom stereocenters. The van der Waals surface area contributed by atoms with Crippen LogP contribution in [0.25, 0.3) is 22.2 Å². The van der Waals surface area contributed by atoms with Crippen LogP contribution in [0.1, 0.15) is 51.6 Å². The lowest BCUT2D eigenvalue weighted by atomic mass is 9.99. The van der Waals surface area contributed by atoms with E-state index >= 15 is 0 Å². The molecule has 0 aliphatic heterocycles. The maximum absolute atomic E-state index is 14.4. The first-order chi connectivity index (χ1) is 21.5. The second kappa shape index (κ2) is 11.6. The summed E-state index contributed by atoms with van der Waals surface area (Å²) in [5, 5.41) is 0.839. The molecule has 7 rings (SSSR count). The van der Waals surface area contributed by atoms with Crippen LogP contribution in [-0.4, -0.2) is 23.3 Å². The van der Waals surface area contributed by atoms with Crippen LogP contribution in [0.4, 0.5) is 0 Å². The Balaban J connectivity index is 1.36. The van der Waals surface area contributed by atoms with Crippen LogP contribution in [0.3, 0.4) is 0 Å². The molecule has 0 N–H and O–H groups in total. The molecule has 44 heavy (non-hydrogen) atoms. The van der Waals surface area contributed by atoms with Crippen molar-refractivity contribution in [1.29, 1.82) is 0 Å². The first-order valence-corrected chi connectivity index (χ1v) is 16.1. The van der Waals surface area contributed by atoms with Gasteiger partial charge >= 0.3 is 5.97 Å². The lowest BCUT2D eigenvalue weighted by Gasteiger charge is -2.14. The van der Waals surface area contributed by atoms with E-state index in [0.29, 0.717) is 29.2 Å². The van der Waals surface area contributed by atoms with Gasteiger partial charge in [0.05, 0.1) is 16.1 Å². The van der Waals surface area contributed by atoms with Crippen molar-refractivity contribution in [3.05, 3.63) is 155 Å². The van der Waals surface area contributed by atoms with Crippen molar-refractivity contribution in [2.45, 2.75) is 36.7 Å². The van der Waals surface area contributed by atoms with Crippen LogP contribution in [0.2, 0.25) is 0 Å². The quantitative estimate of drug-likeness (QED) is 0.159. The molecule has 218 valence electrons. The molecule has 0 amide bonds. The van der Waals surface area contributed by atoms with Crippen LogP contribution >= 0.6 is 0 Å². The summed E-state index contributed by atoms with van der Waals surface area (Å²) in [6.45, 7) is 0.151. The Morgan fingerprint density at radius 2 is 1.48 bits per heavy atom. The van der Waals surface area contributed by atoms with E-state index in [0.717, 1.165) is 40.5 Å². The summed E-state index contributed by atoms with van der Waals surface area (Å²) in [5.74, 6) is -0.0619. The predicted octanol–water partition coefficient (Wildman–Crippen LogP) is 7.77. The minimum atomic E-state index is -3.97. The number of rotatable bonds is 9. The second-order valence-corrected chi connectivity index (χ2v) is 12.9. The molecule has 1 aliphatic carbocycles. The number of hydrogen-bond acceptors (Lipinski definition) is 5. The Kier molecular flexibility index (Phi) is 7.32. The van der Waals surface area contributed by atoms with Gasteiger partial charge in [0.2, 0.25) is 0 Å². The molecule has 2 aromatic heterocycles. The highest BCUT2D eigenvalue weighted by atomic mass is 32.2. The minimum absolute atomic E-state index is 0.151. The molecule has 1 aliphatic rings. The number of hydrogen-bond donors (Lipinski definition) is 0. The number of ether oxygens (including phenoxy) is 1. The number of carbonyl (C=O) groups excluding carboxylic acids is 1. The molecule has 6 nitrogen and oxygen atoms in total. The van der Waals surface area contributed by atoms with Crippen LogP contribution in [-0.2, 0) is 27.8 Å². The molecular formula is C37H30N2O4S. The van der Waals surface area contributed by atoms with Crippen LogP contribution in [0.15, 0.2) is 132 Å². The second-order valence-electron chi connectivity index (χ2n) is 11.1. The molecule has 1 fully saturated rings. The maximum Gasteiger partial charge on any atom is 0.357 e. The lowest BCUT2D eigenvalue weighted by Crippen LogP contribution is -2.14. The number of aromatic nitrogens is 2. The van der Waals surface area contributed by atoms with E-state index in [2.05, 4.69) is 11.1 Å². The van der Waals surface area contributed by atoms with Gasteiger partial charge in [-0.1, -0.05) is 97.1 Å². The van der Waals surface area contributed by atoms with E-state index in [4.69, 9.17) is 4.74 Å². The summed E-state index contributed by atoms with van der Waals surface area (Å²) in [5.41, 5.74) is 5.73. The third kappa shape index (κ3) is 5.42. The first-order valence-electron chi connectivity index (χ1n) is 14.7. The topological polar surface area (TPSA) is 78.3 Å². The van der Waals surface area contributed by atoms with E-state index < -0.39 is 16.0 Å². The largest absolute Gasteiger partial charge is 0.456 e. The molecule has 4 aromatic carbocycles. The average molecular weight is 599 g/mol. The number of esters is 1. The minimum Gasteiger partial charge on any atom is -0.456 e. The fourth-order valence-electron chi connectivity index (χ4n) is 5.70. The third-order valence-electron chi connectivity index (χ3n) is 8.02.